The van der Waals surface area contributed by atoms with Gasteiger partial charge in [-0.05, 0) is 37.8 Å². The first-order valence-electron chi connectivity index (χ1n) is 26.3. The Hall–Kier alpha value is -3.20. The molecule has 0 aliphatic carbocycles. The lowest BCUT2D eigenvalue weighted by atomic mass is 10.1. The number of hydrogen-bond donors (Lipinski definition) is 0. The molecule has 2 amide bonds. The monoisotopic (exact) mass is 1010 g/mol. The van der Waals surface area contributed by atoms with Gasteiger partial charge in [0.15, 0.2) is 11.5 Å². The third kappa shape index (κ3) is 19.5. The summed E-state index contributed by atoms with van der Waals surface area (Å²) in [6.07, 6.45) is 34.3. The second kappa shape index (κ2) is 33.4. The van der Waals surface area contributed by atoms with Crippen LogP contribution in [0.15, 0.2) is 30.8 Å². The zero-order chi connectivity index (χ0) is 48.9. The van der Waals surface area contributed by atoms with E-state index in [1.807, 2.05) is 0 Å². The van der Waals surface area contributed by atoms with E-state index in [0.29, 0.717) is 44.4 Å². The van der Waals surface area contributed by atoms with Crippen LogP contribution in [0, 0.1) is 0 Å². The first-order chi connectivity index (χ1) is 33.1. The van der Waals surface area contributed by atoms with Crippen molar-refractivity contribution < 1.29 is 37.5 Å². The van der Waals surface area contributed by atoms with E-state index in [4.69, 9.17) is 42.7 Å². The second-order valence-corrected chi connectivity index (χ2v) is 21.6. The zero-order valence-corrected chi connectivity index (χ0v) is 45.0. The molecule has 0 unspecified atom stereocenters. The van der Waals surface area contributed by atoms with Crippen molar-refractivity contribution in [2.75, 3.05) is 26.3 Å². The molecule has 2 aliphatic heterocycles. The molecule has 14 heteroatoms. The highest BCUT2D eigenvalue weighted by molar-refractivity contribution is 8.27. The van der Waals surface area contributed by atoms with Gasteiger partial charge in [0.1, 0.15) is 31.3 Å². The molecule has 2 aromatic heterocycles. The van der Waals surface area contributed by atoms with Gasteiger partial charge in [0.2, 0.25) is 0 Å². The van der Waals surface area contributed by atoms with Crippen LogP contribution in [0.4, 0.5) is 0 Å². The first kappa shape index (κ1) is 57.4. The van der Waals surface area contributed by atoms with Crippen LogP contribution >= 0.6 is 48.0 Å². The quantitative estimate of drug-likeness (QED) is 0.0277. The summed E-state index contributed by atoms with van der Waals surface area (Å²) in [5.74, 6) is -1.43. The zero-order valence-electron chi connectivity index (χ0n) is 41.7. The third-order valence-corrected chi connectivity index (χ3v) is 15.1. The molecule has 0 atom stereocenters. The summed E-state index contributed by atoms with van der Waals surface area (Å²) in [4.78, 5) is 59.2. The standard InChI is InChI=1S/C54H80N2O8S4/c1-5-9-13-17-19-21-23-25-27-29-33-55-49(57)45(67-53(55)65)39-41-37-43(51(59)61-35-31-15-11-7-3)47(63-41)48-44(52(60)62-36-32-16-12-8-4)38-42(64-48)40-46-50(58)56(54(66)68-46)34-30-28-26-24-22-20-18-14-10-6-2/h37-40H,5-36H2,1-4H3/b45-39-,46-40-. The van der Waals surface area contributed by atoms with Crippen molar-refractivity contribution in [1.82, 2.24) is 9.80 Å². The Morgan fingerprint density at radius 3 is 1.10 bits per heavy atom. The fourth-order valence-corrected chi connectivity index (χ4v) is 10.9. The summed E-state index contributed by atoms with van der Waals surface area (Å²) in [5.41, 5.74) is 0.0709. The normalized spacial score (nSPS) is 15.3. The Balaban J connectivity index is 1.55. The maximum absolute atomic E-state index is 13.9. The molecule has 2 fully saturated rings. The summed E-state index contributed by atoms with van der Waals surface area (Å²) in [7, 11) is 0. The number of nitrogens with zero attached hydrogens (tertiary/aromatic N) is 2. The van der Waals surface area contributed by atoms with Gasteiger partial charge in [0.25, 0.3) is 11.8 Å². The van der Waals surface area contributed by atoms with Crippen molar-refractivity contribution in [2.45, 2.75) is 207 Å². The molecule has 4 heterocycles. The minimum atomic E-state index is -0.655. The molecule has 2 aliphatic rings. The lowest BCUT2D eigenvalue weighted by molar-refractivity contribution is -0.123. The predicted molar refractivity (Wildman–Crippen MR) is 289 cm³/mol. The van der Waals surface area contributed by atoms with Crippen LogP contribution in [0.3, 0.4) is 0 Å². The lowest BCUT2D eigenvalue weighted by Crippen LogP contribution is -2.29. The number of thiocarbonyl (C=S) groups is 2. The van der Waals surface area contributed by atoms with Gasteiger partial charge in [0, 0.05) is 25.2 Å². The lowest BCUT2D eigenvalue weighted by Gasteiger charge is -2.14. The molecule has 0 radical (unpaired) electrons. The van der Waals surface area contributed by atoms with E-state index in [1.165, 1.54) is 126 Å². The van der Waals surface area contributed by atoms with E-state index in [1.54, 1.807) is 22.0 Å². The van der Waals surface area contributed by atoms with Crippen LogP contribution in [0.5, 0.6) is 0 Å². The van der Waals surface area contributed by atoms with Gasteiger partial charge in [-0.25, -0.2) is 9.59 Å². The molecule has 0 bridgehead atoms. The summed E-state index contributed by atoms with van der Waals surface area (Å²) in [6.45, 7) is 10.2. The Kier molecular flexibility index (Phi) is 28.2. The summed E-state index contributed by atoms with van der Waals surface area (Å²) in [5, 5.41) is 0. The largest absolute Gasteiger partial charge is 0.462 e. The van der Waals surface area contributed by atoms with Gasteiger partial charge in [-0.15, -0.1) is 0 Å². The van der Waals surface area contributed by atoms with Crippen molar-refractivity contribution >= 4 is 92.5 Å². The first-order valence-corrected chi connectivity index (χ1v) is 28.7. The van der Waals surface area contributed by atoms with Crippen molar-refractivity contribution in [3.8, 4) is 11.5 Å². The third-order valence-electron chi connectivity index (χ3n) is 12.4. The van der Waals surface area contributed by atoms with Crippen LogP contribution in [0.25, 0.3) is 23.7 Å². The molecule has 0 saturated carbocycles. The number of esters is 2. The number of hydrogen-bond acceptors (Lipinski definition) is 12. The van der Waals surface area contributed by atoms with E-state index < -0.39 is 11.9 Å². The number of unbranched alkanes of at least 4 members (excludes halogenated alkanes) is 24. The number of ether oxygens (including phenoxy) is 2. The topological polar surface area (TPSA) is 120 Å². The smallest absolute Gasteiger partial charge is 0.342 e. The summed E-state index contributed by atoms with van der Waals surface area (Å²) in [6, 6.07) is 3.03. The highest BCUT2D eigenvalue weighted by Gasteiger charge is 2.35. The molecule has 0 aromatic carbocycles. The van der Waals surface area contributed by atoms with E-state index in [-0.39, 0.29) is 59.2 Å². The summed E-state index contributed by atoms with van der Waals surface area (Å²) >= 11 is 13.7. The average molecular weight is 1010 g/mol. The number of carbonyl (C=O) groups is 4. The molecule has 378 valence electrons. The SMILES string of the molecule is CCCCCCCCCCCCN1C(=O)/C(=C/c2cc(C(=O)OCCCCCC)c(-c3oc(/C=C4\SC(=S)N(CCCCCCCCCCCC)C4=O)cc3C(=O)OCCCCCC)o2)SC1=S. The molecular formula is C54H80N2O8S4. The van der Waals surface area contributed by atoms with Crippen molar-refractivity contribution in [3.63, 3.8) is 0 Å². The number of carbonyl (C=O) groups excluding carboxylic acids is 4. The predicted octanol–water partition coefficient (Wildman–Crippen LogP) is 16.3. The molecule has 2 aromatic rings. The minimum Gasteiger partial charge on any atom is -0.462 e. The van der Waals surface area contributed by atoms with Gasteiger partial charge in [-0.3, -0.25) is 19.4 Å². The maximum Gasteiger partial charge on any atom is 0.342 e. The van der Waals surface area contributed by atoms with E-state index in [9.17, 15) is 19.2 Å². The fourth-order valence-electron chi connectivity index (χ4n) is 8.30. The molecule has 10 nitrogen and oxygen atoms in total. The van der Waals surface area contributed by atoms with Gasteiger partial charge < -0.3 is 18.3 Å². The van der Waals surface area contributed by atoms with Gasteiger partial charge in [-0.1, -0.05) is 230 Å². The van der Waals surface area contributed by atoms with Crippen LogP contribution in [0.2, 0.25) is 0 Å². The number of furan rings is 2. The second-order valence-electron chi connectivity index (χ2n) is 18.2. The van der Waals surface area contributed by atoms with Gasteiger partial charge in [-0.2, -0.15) is 0 Å². The Bertz CT molecular complexity index is 1830. The Labute approximate surface area is 427 Å². The van der Waals surface area contributed by atoms with E-state index in [2.05, 4.69) is 27.7 Å². The van der Waals surface area contributed by atoms with Crippen LogP contribution < -0.4 is 0 Å². The Morgan fingerprint density at radius 1 is 0.485 bits per heavy atom. The average Bonchev–Trinajstić information content (AvgIpc) is 4.08. The molecule has 0 N–H and O–H groups in total. The molecular weight excluding hydrogens is 933 g/mol. The number of rotatable bonds is 37. The fraction of sp³-hybridized carbons (Fsp3) is 0.667. The maximum atomic E-state index is 13.9. The highest BCUT2D eigenvalue weighted by Crippen LogP contribution is 2.39. The van der Waals surface area contributed by atoms with Crippen LogP contribution in [-0.4, -0.2) is 68.5 Å². The molecule has 0 spiro atoms. The van der Waals surface area contributed by atoms with Crippen molar-refractivity contribution in [3.05, 3.63) is 44.6 Å². The minimum absolute atomic E-state index is 0.0355. The van der Waals surface area contributed by atoms with Gasteiger partial charge in [0.05, 0.1) is 23.0 Å². The van der Waals surface area contributed by atoms with Crippen molar-refractivity contribution in [1.29, 1.82) is 0 Å². The van der Waals surface area contributed by atoms with Crippen molar-refractivity contribution in [2.24, 2.45) is 0 Å². The van der Waals surface area contributed by atoms with Gasteiger partial charge >= 0.3 is 11.9 Å². The number of amides is 2. The Morgan fingerprint density at radius 2 is 0.779 bits per heavy atom. The van der Waals surface area contributed by atoms with E-state index >= 15 is 0 Å². The molecule has 68 heavy (non-hydrogen) atoms. The highest BCUT2D eigenvalue weighted by atomic mass is 32.2. The molecule has 4 rings (SSSR count). The van der Waals surface area contributed by atoms with Crippen LogP contribution in [0.1, 0.15) is 240 Å². The molecule has 2 saturated heterocycles. The van der Waals surface area contributed by atoms with E-state index in [0.717, 1.165) is 77.0 Å². The summed E-state index contributed by atoms with van der Waals surface area (Å²) < 4.78 is 25.2. The van der Waals surface area contributed by atoms with Crippen LogP contribution in [-0.2, 0) is 19.1 Å². The number of thioether (sulfide) groups is 2.